The fourth-order valence-corrected chi connectivity index (χ4v) is 3.16. The van der Waals surface area contributed by atoms with Crippen molar-refractivity contribution < 1.29 is 0 Å². The van der Waals surface area contributed by atoms with E-state index in [1.54, 1.807) is 12.4 Å². The van der Waals surface area contributed by atoms with E-state index in [0.29, 0.717) is 12.8 Å². The summed E-state index contributed by atoms with van der Waals surface area (Å²) in [4.78, 5) is 8.18. The van der Waals surface area contributed by atoms with Crippen molar-refractivity contribution in [3.05, 3.63) is 95.0 Å². The van der Waals surface area contributed by atoms with E-state index in [0.717, 1.165) is 22.6 Å². The minimum atomic E-state index is -0.619. The Morgan fingerprint density at radius 1 is 0.920 bits per heavy atom. The number of nitriles is 1. The van der Waals surface area contributed by atoms with Gasteiger partial charge in [-0.1, -0.05) is 54.1 Å². The molecule has 0 aliphatic rings. The number of aromatic nitrogens is 2. The Balaban J connectivity index is 1.90. The maximum Gasteiger partial charge on any atom is 0.115 e. The van der Waals surface area contributed by atoms with E-state index in [1.807, 2.05) is 54.6 Å². The van der Waals surface area contributed by atoms with Gasteiger partial charge in [-0.25, -0.2) is 9.97 Å². The molecule has 0 aliphatic carbocycles. The number of nitrogens with zero attached hydrogens (tertiary/aromatic N) is 3. The summed E-state index contributed by atoms with van der Waals surface area (Å²) in [6, 6.07) is 20.4. The zero-order chi connectivity index (χ0) is 17.5. The fraction of sp³-hybridized carbons (Fsp3) is 0.190. The van der Waals surface area contributed by atoms with Crippen molar-refractivity contribution in [2.24, 2.45) is 0 Å². The number of halogens is 1. The van der Waals surface area contributed by atoms with Gasteiger partial charge in [-0.05, 0) is 48.1 Å². The molecule has 1 atom stereocenters. The highest BCUT2D eigenvalue weighted by molar-refractivity contribution is 6.30. The third kappa shape index (κ3) is 4.23. The standard InChI is InChI=1S/C21H18ClN3/c22-20-8-6-17(7-9-20)10-11-21(15-23,19-4-2-1-3-5-19)12-18-13-24-16-25-14-18/h1-9,13-14,16H,10-12H2. The SMILES string of the molecule is N#CC(CCc1ccc(Cl)cc1)(Cc1cncnc1)c1ccccc1. The van der Waals surface area contributed by atoms with Crippen LogP contribution in [0.1, 0.15) is 23.1 Å². The van der Waals surface area contributed by atoms with Crippen LogP contribution in [0.5, 0.6) is 0 Å². The second kappa shape index (κ2) is 7.92. The topological polar surface area (TPSA) is 49.6 Å². The number of aryl methyl sites for hydroxylation is 1. The Morgan fingerprint density at radius 2 is 1.60 bits per heavy atom. The van der Waals surface area contributed by atoms with Crippen molar-refractivity contribution in [3.8, 4) is 6.07 Å². The van der Waals surface area contributed by atoms with Gasteiger partial charge in [-0.2, -0.15) is 5.26 Å². The Bertz CT molecular complexity index is 842. The highest BCUT2D eigenvalue weighted by Gasteiger charge is 2.32. The summed E-state index contributed by atoms with van der Waals surface area (Å²) in [6.45, 7) is 0. The van der Waals surface area contributed by atoms with E-state index in [2.05, 4.69) is 16.0 Å². The molecule has 1 aromatic heterocycles. The maximum atomic E-state index is 10.1. The Morgan fingerprint density at radius 3 is 2.24 bits per heavy atom. The Labute approximate surface area is 153 Å². The minimum Gasteiger partial charge on any atom is -0.245 e. The van der Waals surface area contributed by atoms with Crippen molar-refractivity contribution >= 4 is 11.6 Å². The second-order valence-corrected chi connectivity index (χ2v) is 6.55. The van der Waals surface area contributed by atoms with E-state index < -0.39 is 5.41 Å². The van der Waals surface area contributed by atoms with Gasteiger partial charge in [0.05, 0.1) is 11.5 Å². The van der Waals surface area contributed by atoms with E-state index in [-0.39, 0.29) is 0 Å². The lowest BCUT2D eigenvalue weighted by atomic mass is 9.73. The van der Waals surface area contributed by atoms with E-state index in [4.69, 9.17) is 11.6 Å². The summed E-state index contributed by atoms with van der Waals surface area (Å²) < 4.78 is 0. The molecule has 1 unspecified atom stereocenters. The van der Waals surface area contributed by atoms with Crippen molar-refractivity contribution in [3.63, 3.8) is 0 Å². The van der Waals surface area contributed by atoms with Crippen LogP contribution < -0.4 is 0 Å². The fourth-order valence-electron chi connectivity index (χ4n) is 3.03. The van der Waals surface area contributed by atoms with Crippen molar-refractivity contribution in [1.82, 2.24) is 9.97 Å². The number of hydrogen-bond donors (Lipinski definition) is 0. The van der Waals surface area contributed by atoms with Gasteiger partial charge in [0.25, 0.3) is 0 Å². The number of rotatable bonds is 6. The molecule has 0 amide bonds. The van der Waals surface area contributed by atoms with Gasteiger partial charge < -0.3 is 0 Å². The first kappa shape index (κ1) is 17.1. The van der Waals surface area contributed by atoms with Crippen molar-refractivity contribution in [2.75, 3.05) is 0 Å². The van der Waals surface area contributed by atoms with Crippen LogP contribution in [0.4, 0.5) is 0 Å². The molecule has 1 heterocycles. The Hall–Kier alpha value is -2.70. The molecule has 124 valence electrons. The minimum absolute atomic E-state index is 0.585. The summed E-state index contributed by atoms with van der Waals surface area (Å²) in [7, 11) is 0. The van der Waals surface area contributed by atoms with Crippen LogP contribution in [-0.4, -0.2) is 9.97 Å². The predicted molar refractivity (Wildman–Crippen MR) is 99.2 cm³/mol. The quantitative estimate of drug-likeness (QED) is 0.645. The summed E-state index contributed by atoms with van der Waals surface area (Å²) in [5.41, 5.74) is 2.54. The van der Waals surface area contributed by atoms with Gasteiger partial charge in [0.2, 0.25) is 0 Å². The Kier molecular flexibility index (Phi) is 5.42. The molecule has 0 aliphatic heterocycles. The van der Waals surface area contributed by atoms with Gasteiger partial charge in [-0.3, -0.25) is 0 Å². The molecule has 25 heavy (non-hydrogen) atoms. The summed E-state index contributed by atoms with van der Waals surface area (Å²) in [6.07, 6.45) is 7.17. The zero-order valence-electron chi connectivity index (χ0n) is 13.8. The predicted octanol–water partition coefficient (Wildman–Crippen LogP) is 4.77. The first-order valence-electron chi connectivity index (χ1n) is 8.17. The van der Waals surface area contributed by atoms with Crippen LogP contribution in [0.15, 0.2) is 73.3 Å². The van der Waals surface area contributed by atoms with Crippen LogP contribution in [-0.2, 0) is 18.3 Å². The van der Waals surface area contributed by atoms with Gasteiger partial charge in [0, 0.05) is 17.4 Å². The lowest BCUT2D eigenvalue weighted by Gasteiger charge is -2.27. The summed E-state index contributed by atoms with van der Waals surface area (Å²) in [5, 5.41) is 10.8. The monoisotopic (exact) mass is 347 g/mol. The average molecular weight is 348 g/mol. The van der Waals surface area contributed by atoms with Crippen LogP contribution >= 0.6 is 11.6 Å². The molecule has 0 spiro atoms. The van der Waals surface area contributed by atoms with Crippen LogP contribution in [0.2, 0.25) is 5.02 Å². The normalized spacial score (nSPS) is 13.0. The van der Waals surface area contributed by atoms with Gasteiger partial charge >= 0.3 is 0 Å². The number of benzene rings is 2. The first-order valence-corrected chi connectivity index (χ1v) is 8.55. The molecule has 2 aromatic carbocycles. The molecule has 0 fully saturated rings. The van der Waals surface area contributed by atoms with E-state index >= 15 is 0 Å². The lowest BCUT2D eigenvalue weighted by molar-refractivity contribution is 0.498. The van der Waals surface area contributed by atoms with Crippen LogP contribution in [0.3, 0.4) is 0 Å². The van der Waals surface area contributed by atoms with E-state index in [1.165, 1.54) is 11.9 Å². The molecule has 0 radical (unpaired) electrons. The molecular formula is C21H18ClN3. The molecule has 0 saturated heterocycles. The highest BCUT2D eigenvalue weighted by atomic mass is 35.5. The largest absolute Gasteiger partial charge is 0.245 e. The molecule has 3 nitrogen and oxygen atoms in total. The van der Waals surface area contributed by atoms with Gasteiger partial charge in [0.1, 0.15) is 6.33 Å². The van der Waals surface area contributed by atoms with Crippen LogP contribution in [0, 0.1) is 11.3 Å². The second-order valence-electron chi connectivity index (χ2n) is 6.11. The average Bonchev–Trinajstić information content (AvgIpc) is 2.68. The van der Waals surface area contributed by atoms with Crippen LogP contribution in [0.25, 0.3) is 0 Å². The molecular weight excluding hydrogens is 330 g/mol. The summed E-state index contributed by atoms with van der Waals surface area (Å²) in [5.74, 6) is 0. The summed E-state index contributed by atoms with van der Waals surface area (Å²) >= 11 is 5.97. The maximum absolute atomic E-state index is 10.1. The van der Waals surface area contributed by atoms with Crippen molar-refractivity contribution in [1.29, 1.82) is 5.26 Å². The molecule has 0 N–H and O–H groups in total. The third-order valence-corrected chi connectivity index (χ3v) is 4.67. The molecule has 0 saturated carbocycles. The molecule has 3 aromatic rings. The number of hydrogen-bond acceptors (Lipinski definition) is 3. The zero-order valence-corrected chi connectivity index (χ0v) is 14.5. The molecule has 3 rings (SSSR count). The molecule has 0 bridgehead atoms. The van der Waals surface area contributed by atoms with E-state index in [9.17, 15) is 5.26 Å². The van der Waals surface area contributed by atoms with Gasteiger partial charge in [-0.15, -0.1) is 0 Å². The third-order valence-electron chi connectivity index (χ3n) is 4.41. The highest BCUT2D eigenvalue weighted by Crippen LogP contribution is 2.33. The molecule has 4 heteroatoms. The smallest absolute Gasteiger partial charge is 0.115 e. The first-order chi connectivity index (χ1) is 12.2. The van der Waals surface area contributed by atoms with Crippen molar-refractivity contribution in [2.45, 2.75) is 24.7 Å². The van der Waals surface area contributed by atoms with Gasteiger partial charge in [0.15, 0.2) is 0 Å². The lowest BCUT2D eigenvalue weighted by Crippen LogP contribution is -2.28.